The highest BCUT2D eigenvalue weighted by molar-refractivity contribution is 7.13. The predicted molar refractivity (Wildman–Crippen MR) is 78.3 cm³/mol. The number of nitrogens with zero attached hydrogens (tertiary/aromatic N) is 1. The van der Waals surface area contributed by atoms with Crippen LogP contribution < -0.4 is 5.32 Å². The van der Waals surface area contributed by atoms with Crippen LogP contribution in [0, 0.1) is 0 Å². The van der Waals surface area contributed by atoms with Gasteiger partial charge in [0, 0.05) is 12.8 Å². The van der Waals surface area contributed by atoms with Crippen LogP contribution in [0.1, 0.15) is 40.6 Å². The van der Waals surface area contributed by atoms with Crippen LogP contribution in [-0.4, -0.2) is 24.7 Å². The highest BCUT2D eigenvalue weighted by Gasteiger charge is 2.22. The summed E-state index contributed by atoms with van der Waals surface area (Å²) in [5.74, 6) is -0.393. The molecule has 0 unspecified atom stereocenters. The van der Waals surface area contributed by atoms with Crippen LogP contribution >= 0.6 is 11.3 Å². The molecule has 0 fully saturated rings. The van der Waals surface area contributed by atoms with Crippen LogP contribution in [0.4, 0.5) is 0 Å². The first-order valence-corrected chi connectivity index (χ1v) is 7.27. The predicted octanol–water partition coefficient (Wildman–Crippen LogP) is 2.70. The molecule has 0 radical (unpaired) electrons. The summed E-state index contributed by atoms with van der Waals surface area (Å²) in [4.78, 5) is 17.2. The summed E-state index contributed by atoms with van der Waals surface area (Å²) in [5, 5.41) is 4.03. The lowest BCUT2D eigenvalue weighted by Crippen LogP contribution is -2.15. The van der Waals surface area contributed by atoms with E-state index >= 15 is 0 Å². The fourth-order valence-electron chi connectivity index (χ4n) is 1.89. The van der Waals surface area contributed by atoms with Crippen LogP contribution in [-0.2, 0) is 16.1 Å². The molecule has 0 amide bonds. The van der Waals surface area contributed by atoms with E-state index in [0.29, 0.717) is 18.9 Å². The zero-order valence-corrected chi connectivity index (χ0v) is 12.7. The second kappa shape index (κ2) is 6.67. The summed E-state index contributed by atoms with van der Waals surface area (Å²) in [7, 11) is 1.61. The SMILES string of the molecule is CCOC(=O)c1nc(COC)sc1C1=CCC=C(C)N1. The number of aromatic nitrogens is 1. The third-order valence-corrected chi connectivity index (χ3v) is 3.79. The van der Waals surface area contributed by atoms with E-state index in [1.54, 1.807) is 14.0 Å². The fourth-order valence-corrected chi connectivity index (χ4v) is 2.91. The normalized spacial score (nSPS) is 14.3. The second-order valence-electron chi connectivity index (χ2n) is 4.30. The molecule has 2 rings (SSSR count). The molecule has 1 N–H and O–H groups in total. The molecule has 20 heavy (non-hydrogen) atoms. The summed E-state index contributed by atoms with van der Waals surface area (Å²) in [6.07, 6.45) is 4.97. The second-order valence-corrected chi connectivity index (χ2v) is 5.39. The minimum Gasteiger partial charge on any atom is -0.461 e. The van der Waals surface area contributed by atoms with E-state index in [1.165, 1.54) is 11.3 Å². The molecule has 0 bridgehead atoms. The molecule has 108 valence electrons. The Kier molecular flexibility index (Phi) is 4.92. The Morgan fingerprint density at radius 2 is 2.30 bits per heavy atom. The maximum atomic E-state index is 12.0. The smallest absolute Gasteiger partial charge is 0.358 e. The molecule has 5 nitrogen and oxygen atoms in total. The summed E-state index contributed by atoms with van der Waals surface area (Å²) >= 11 is 1.45. The molecular weight excluding hydrogens is 276 g/mol. The summed E-state index contributed by atoms with van der Waals surface area (Å²) in [6, 6.07) is 0. The number of thiazole rings is 1. The molecule has 0 saturated carbocycles. The lowest BCUT2D eigenvalue weighted by Gasteiger charge is -2.14. The molecule has 1 aromatic rings. The third-order valence-electron chi connectivity index (χ3n) is 2.73. The number of methoxy groups -OCH3 is 1. The molecule has 1 aromatic heterocycles. The minimum absolute atomic E-state index is 0.334. The Labute approximate surface area is 122 Å². The summed E-state index contributed by atoms with van der Waals surface area (Å²) < 4.78 is 10.2. The van der Waals surface area contributed by atoms with Gasteiger partial charge in [0.25, 0.3) is 0 Å². The third kappa shape index (κ3) is 3.26. The number of allylic oxidation sites excluding steroid dienone is 3. The summed E-state index contributed by atoms with van der Waals surface area (Å²) in [6.45, 7) is 4.50. The van der Waals surface area contributed by atoms with E-state index < -0.39 is 5.97 Å². The van der Waals surface area contributed by atoms with Crippen LogP contribution in [0.25, 0.3) is 5.70 Å². The van der Waals surface area contributed by atoms with Gasteiger partial charge < -0.3 is 14.8 Å². The molecular formula is C14H18N2O3S. The number of rotatable bonds is 5. The molecule has 0 aliphatic carbocycles. The number of carbonyl (C=O) groups is 1. The van der Waals surface area contributed by atoms with Gasteiger partial charge in [-0.2, -0.15) is 0 Å². The first kappa shape index (κ1) is 14.7. The topological polar surface area (TPSA) is 60.5 Å². The lowest BCUT2D eigenvalue weighted by atomic mass is 10.1. The van der Waals surface area contributed by atoms with Crippen molar-refractivity contribution in [3.63, 3.8) is 0 Å². The van der Waals surface area contributed by atoms with Gasteiger partial charge in [-0.25, -0.2) is 9.78 Å². The van der Waals surface area contributed by atoms with E-state index in [2.05, 4.69) is 16.4 Å². The van der Waals surface area contributed by atoms with Crippen LogP contribution in [0.3, 0.4) is 0 Å². The van der Waals surface area contributed by atoms with Crippen LogP contribution in [0.5, 0.6) is 0 Å². The van der Waals surface area contributed by atoms with E-state index in [4.69, 9.17) is 9.47 Å². The van der Waals surface area contributed by atoms with Gasteiger partial charge in [-0.1, -0.05) is 12.2 Å². The lowest BCUT2D eigenvalue weighted by molar-refractivity contribution is 0.0519. The van der Waals surface area contributed by atoms with Gasteiger partial charge in [0.15, 0.2) is 5.69 Å². The minimum atomic E-state index is -0.393. The Balaban J connectivity index is 2.34. The van der Waals surface area contributed by atoms with Gasteiger partial charge in [-0.3, -0.25) is 0 Å². The molecule has 1 aliphatic rings. The van der Waals surface area contributed by atoms with Crippen molar-refractivity contribution in [2.24, 2.45) is 0 Å². The van der Waals surface area contributed by atoms with Gasteiger partial charge in [-0.05, 0) is 20.3 Å². The van der Waals surface area contributed by atoms with Crippen molar-refractivity contribution in [3.05, 3.63) is 33.4 Å². The Bertz CT molecular complexity index is 561. The van der Waals surface area contributed by atoms with Crippen molar-refractivity contribution in [2.45, 2.75) is 26.9 Å². The number of carbonyl (C=O) groups excluding carboxylic acids is 1. The molecule has 2 heterocycles. The van der Waals surface area contributed by atoms with E-state index in [1.807, 2.05) is 13.0 Å². The van der Waals surface area contributed by atoms with Crippen LogP contribution in [0.15, 0.2) is 17.8 Å². The van der Waals surface area contributed by atoms with Crippen molar-refractivity contribution in [2.75, 3.05) is 13.7 Å². The van der Waals surface area contributed by atoms with Crippen molar-refractivity contribution < 1.29 is 14.3 Å². The average Bonchev–Trinajstić information content (AvgIpc) is 2.83. The van der Waals surface area contributed by atoms with Crippen molar-refractivity contribution in [1.29, 1.82) is 0 Å². The molecule has 6 heteroatoms. The van der Waals surface area contributed by atoms with Gasteiger partial charge >= 0.3 is 5.97 Å². The van der Waals surface area contributed by atoms with Crippen molar-refractivity contribution >= 4 is 23.0 Å². The molecule has 0 aromatic carbocycles. The van der Waals surface area contributed by atoms with Gasteiger partial charge in [0.2, 0.25) is 0 Å². The van der Waals surface area contributed by atoms with Gasteiger partial charge in [-0.15, -0.1) is 11.3 Å². The number of ether oxygens (including phenoxy) is 2. The fraction of sp³-hybridized carbons (Fsp3) is 0.429. The van der Waals surface area contributed by atoms with E-state index in [0.717, 1.165) is 27.7 Å². The number of dihydropyridines is 1. The highest BCUT2D eigenvalue weighted by Crippen LogP contribution is 2.28. The number of hydrogen-bond donors (Lipinski definition) is 1. The van der Waals surface area contributed by atoms with Gasteiger partial charge in [0.1, 0.15) is 5.01 Å². The highest BCUT2D eigenvalue weighted by atomic mass is 32.1. The van der Waals surface area contributed by atoms with E-state index in [9.17, 15) is 4.79 Å². The number of nitrogens with one attached hydrogen (secondary N) is 1. The zero-order chi connectivity index (χ0) is 14.5. The standard InChI is InChI=1S/C14H18N2O3S/c1-4-19-14(17)12-13(20-11(16-12)8-18-3)10-7-5-6-9(2)15-10/h6-7,15H,4-5,8H2,1-3H3. The van der Waals surface area contributed by atoms with Crippen LogP contribution in [0.2, 0.25) is 0 Å². The molecule has 1 aliphatic heterocycles. The largest absolute Gasteiger partial charge is 0.461 e. The Morgan fingerprint density at radius 3 is 2.95 bits per heavy atom. The Morgan fingerprint density at radius 1 is 1.50 bits per heavy atom. The first-order valence-electron chi connectivity index (χ1n) is 6.45. The number of esters is 1. The van der Waals surface area contributed by atoms with Crippen molar-refractivity contribution in [1.82, 2.24) is 10.3 Å². The Hall–Kier alpha value is -1.66. The first-order chi connectivity index (χ1) is 9.65. The quantitative estimate of drug-likeness (QED) is 0.846. The number of hydrogen-bond acceptors (Lipinski definition) is 6. The van der Waals surface area contributed by atoms with Crippen molar-refractivity contribution in [3.8, 4) is 0 Å². The monoisotopic (exact) mass is 294 g/mol. The molecule has 0 spiro atoms. The summed E-state index contributed by atoms with van der Waals surface area (Å²) in [5.41, 5.74) is 2.34. The zero-order valence-electron chi connectivity index (χ0n) is 11.9. The van der Waals surface area contributed by atoms with E-state index in [-0.39, 0.29) is 0 Å². The molecule has 0 saturated heterocycles. The van der Waals surface area contributed by atoms with Gasteiger partial charge in [0.05, 0.1) is 23.8 Å². The maximum Gasteiger partial charge on any atom is 0.358 e. The molecule has 0 atom stereocenters. The maximum absolute atomic E-state index is 12.0. The average molecular weight is 294 g/mol.